The van der Waals surface area contributed by atoms with E-state index in [0.717, 1.165) is 42.7 Å². The van der Waals surface area contributed by atoms with Crippen molar-refractivity contribution in [2.75, 3.05) is 11.9 Å². The summed E-state index contributed by atoms with van der Waals surface area (Å²) in [5, 5.41) is 12.1. The van der Waals surface area contributed by atoms with Crippen molar-refractivity contribution in [1.29, 1.82) is 0 Å². The zero-order chi connectivity index (χ0) is 24.1. The molecule has 1 N–H and O–H groups in total. The Balaban J connectivity index is 1.54. The molecule has 1 amide bonds. The third kappa shape index (κ3) is 5.67. The van der Waals surface area contributed by atoms with Gasteiger partial charge in [0.15, 0.2) is 11.0 Å². The van der Waals surface area contributed by atoms with Gasteiger partial charge in [0.1, 0.15) is 5.82 Å². The first kappa shape index (κ1) is 24.4. The number of hydrogen-bond acceptors (Lipinski definition) is 5. The molecule has 1 fully saturated rings. The van der Waals surface area contributed by atoms with Gasteiger partial charge in [-0.15, -0.1) is 10.2 Å². The molecule has 0 radical (unpaired) electrons. The Bertz CT molecular complexity index is 1110. The van der Waals surface area contributed by atoms with Crippen LogP contribution in [0.5, 0.6) is 0 Å². The number of nitrogens with zero attached hydrogens (tertiary/aromatic N) is 3. The largest absolute Gasteiger partial charge is 0.376 e. The van der Waals surface area contributed by atoms with Crippen LogP contribution in [0.25, 0.3) is 11.4 Å². The highest BCUT2D eigenvalue weighted by Crippen LogP contribution is 2.31. The highest BCUT2D eigenvalue weighted by molar-refractivity contribution is 8.00. The molecular weight excluding hydrogens is 451 g/mol. The van der Waals surface area contributed by atoms with Crippen LogP contribution < -0.4 is 5.32 Å². The fourth-order valence-corrected chi connectivity index (χ4v) is 4.91. The van der Waals surface area contributed by atoms with Crippen molar-refractivity contribution < 1.29 is 13.9 Å². The number of benzene rings is 2. The molecular formula is C26H31FN4O2S. The highest BCUT2D eigenvalue weighted by atomic mass is 32.2. The molecule has 0 spiro atoms. The number of para-hydroxylation sites is 1. The molecule has 1 aliphatic heterocycles. The van der Waals surface area contributed by atoms with Crippen molar-refractivity contribution in [3.63, 3.8) is 0 Å². The van der Waals surface area contributed by atoms with Gasteiger partial charge in [-0.2, -0.15) is 0 Å². The Morgan fingerprint density at radius 2 is 1.97 bits per heavy atom. The third-order valence-corrected chi connectivity index (χ3v) is 7.32. The maximum atomic E-state index is 13.5. The van der Waals surface area contributed by atoms with E-state index in [2.05, 4.69) is 35.4 Å². The number of carbonyl (C=O) groups is 1. The first-order valence-corrected chi connectivity index (χ1v) is 12.7. The van der Waals surface area contributed by atoms with Crippen LogP contribution in [-0.2, 0) is 16.1 Å². The molecule has 8 heteroatoms. The topological polar surface area (TPSA) is 69.0 Å². The van der Waals surface area contributed by atoms with Gasteiger partial charge < -0.3 is 10.1 Å². The molecule has 1 aliphatic rings. The number of ether oxygens (including phenoxy) is 1. The van der Waals surface area contributed by atoms with Crippen molar-refractivity contribution in [2.45, 2.75) is 69.0 Å². The van der Waals surface area contributed by atoms with Crippen LogP contribution in [0.15, 0.2) is 53.7 Å². The van der Waals surface area contributed by atoms with Gasteiger partial charge in [0, 0.05) is 17.9 Å². The molecule has 0 bridgehead atoms. The second-order valence-corrected chi connectivity index (χ2v) is 10.0. The minimum absolute atomic E-state index is 0.0705. The number of thioether (sulfide) groups is 1. The summed E-state index contributed by atoms with van der Waals surface area (Å²) < 4.78 is 21.3. The average molecular weight is 483 g/mol. The van der Waals surface area contributed by atoms with Crippen LogP contribution in [0, 0.1) is 5.82 Å². The molecule has 1 saturated heterocycles. The average Bonchev–Trinajstić information content (AvgIpc) is 3.50. The molecule has 34 heavy (non-hydrogen) atoms. The van der Waals surface area contributed by atoms with E-state index in [1.165, 1.54) is 23.9 Å². The minimum Gasteiger partial charge on any atom is -0.376 e. The summed E-state index contributed by atoms with van der Waals surface area (Å²) in [6, 6.07) is 14.2. The standard InChI is InChI=1S/C26H31FN4O2S/c1-4-17(2)22-9-5-6-10-23(22)28-25(32)18(3)34-26-30-29-24(19-11-13-20(27)14-12-19)31(26)16-21-8-7-15-33-21/h5-6,9-14,17-18,21H,4,7-8,15-16H2,1-3H3,(H,28,32). The molecule has 2 heterocycles. The molecule has 1 aromatic heterocycles. The fourth-order valence-electron chi connectivity index (χ4n) is 4.05. The number of hydrogen-bond donors (Lipinski definition) is 1. The van der Waals surface area contributed by atoms with Crippen LogP contribution in [0.3, 0.4) is 0 Å². The molecule has 3 aromatic rings. The predicted octanol–water partition coefficient (Wildman–Crippen LogP) is 5.90. The number of carbonyl (C=O) groups excluding carboxylic acids is 1. The van der Waals surface area contributed by atoms with Gasteiger partial charge in [-0.3, -0.25) is 9.36 Å². The van der Waals surface area contributed by atoms with E-state index in [1.54, 1.807) is 12.1 Å². The van der Waals surface area contributed by atoms with E-state index in [-0.39, 0.29) is 17.8 Å². The number of anilines is 1. The van der Waals surface area contributed by atoms with Gasteiger partial charge in [0.2, 0.25) is 5.91 Å². The van der Waals surface area contributed by atoms with Gasteiger partial charge in [-0.05, 0) is 68.0 Å². The Hall–Kier alpha value is -2.71. The van der Waals surface area contributed by atoms with E-state index < -0.39 is 5.25 Å². The summed E-state index contributed by atoms with van der Waals surface area (Å²) in [6.07, 6.45) is 3.06. The Labute approximate surface area is 204 Å². The van der Waals surface area contributed by atoms with Crippen LogP contribution in [-0.4, -0.2) is 38.6 Å². The summed E-state index contributed by atoms with van der Waals surface area (Å²) in [5.74, 6) is 0.613. The Morgan fingerprint density at radius 3 is 2.68 bits per heavy atom. The summed E-state index contributed by atoms with van der Waals surface area (Å²) >= 11 is 1.37. The minimum atomic E-state index is -0.390. The zero-order valence-electron chi connectivity index (χ0n) is 19.8. The number of nitrogens with one attached hydrogen (secondary N) is 1. The normalized spacial score (nSPS) is 17.5. The highest BCUT2D eigenvalue weighted by Gasteiger charge is 2.25. The zero-order valence-corrected chi connectivity index (χ0v) is 20.6. The number of amides is 1. The SMILES string of the molecule is CCC(C)c1ccccc1NC(=O)C(C)Sc1nnc(-c2ccc(F)cc2)n1CC1CCCO1. The smallest absolute Gasteiger partial charge is 0.237 e. The third-order valence-electron chi connectivity index (χ3n) is 6.24. The summed E-state index contributed by atoms with van der Waals surface area (Å²) in [6.45, 7) is 7.51. The maximum absolute atomic E-state index is 13.5. The molecule has 4 rings (SSSR count). The van der Waals surface area contributed by atoms with Crippen molar-refractivity contribution in [1.82, 2.24) is 14.8 Å². The van der Waals surface area contributed by atoms with E-state index in [9.17, 15) is 9.18 Å². The number of rotatable bonds is 9. The van der Waals surface area contributed by atoms with E-state index >= 15 is 0 Å². The van der Waals surface area contributed by atoms with Crippen molar-refractivity contribution in [2.24, 2.45) is 0 Å². The molecule has 6 nitrogen and oxygen atoms in total. The van der Waals surface area contributed by atoms with Crippen molar-refractivity contribution in [3.8, 4) is 11.4 Å². The lowest BCUT2D eigenvalue weighted by Gasteiger charge is -2.18. The Kier molecular flexibility index (Phi) is 8.00. The van der Waals surface area contributed by atoms with Crippen LogP contribution in [0.2, 0.25) is 0 Å². The van der Waals surface area contributed by atoms with Gasteiger partial charge in [-0.1, -0.05) is 43.8 Å². The molecule has 180 valence electrons. The molecule has 3 atom stereocenters. The number of halogens is 1. The van der Waals surface area contributed by atoms with Gasteiger partial charge in [-0.25, -0.2) is 4.39 Å². The predicted molar refractivity (Wildman–Crippen MR) is 133 cm³/mol. The van der Waals surface area contributed by atoms with Gasteiger partial charge in [0.25, 0.3) is 0 Å². The maximum Gasteiger partial charge on any atom is 0.237 e. The van der Waals surface area contributed by atoms with Gasteiger partial charge >= 0.3 is 0 Å². The second kappa shape index (κ2) is 11.1. The summed E-state index contributed by atoms with van der Waals surface area (Å²) in [5.41, 5.74) is 2.76. The molecule has 0 aliphatic carbocycles. The molecule has 2 aromatic carbocycles. The van der Waals surface area contributed by atoms with E-state index in [4.69, 9.17) is 4.74 Å². The van der Waals surface area contributed by atoms with E-state index in [0.29, 0.717) is 23.4 Å². The summed E-state index contributed by atoms with van der Waals surface area (Å²) in [7, 11) is 0. The summed E-state index contributed by atoms with van der Waals surface area (Å²) in [4.78, 5) is 13.1. The quantitative estimate of drug-likeness (QED) is 0.385. The van der Waals surface area contributed by atoms with Crippen LogP contribution in [0.4, 0.5) is 10.1 Å². The molecule has 0 saturated carbocycles. The Morgan fingerprint density at radius 1 is 1.21 bits per heavy atom. The number of aromatic nitrogens is 3. The van der Waals surface area contributed by atoms with E-state index in [1.807, 2.05) is 29.7 Å². The lowest BCUT2D eigenvalue weighted by atomic mass is 9.97. The lowest BCUT2D eigenvalue weighted by molar-refractivity contribution is -0.115. The van der Waals surface area contributed by atoms with Crippen molar-refractivity contribution >= 4 is 23.4 Å². The molecule has 3 unspecified atom stereocenters. The van der Waals surface area contributed by atoms with Crippen LogP contribution >= 0.6 is 11.8 Å². The first-order chi connectivity index (χ1) is 16.5. The first-order valence-electron chi connectivity index (χ1n) is 11.8. The second-order valence-electron chi connectivity index (χ2n) is 8.70. The van der Waals surface area contributed by atoms with Gasteiger partial charge in [0.05, 0.1) is 17.9 Å². The van der Waals surface area contributed by atoms with Crippen LogP contribution in [0.1, 0.15) is 51.5 Å². The van der Waals surface area contributed by atoms with Crippen molar-refractivity contribution in [3.05, 3.63) is 59.9 Å². The lowest BCUT2D eigenvalue weighted by Crippen LogP contribution is -2.24. The monoisotopic (exact) mass is 482 g/mol. The fraction of sp³-hybridized carbons (Fsp3) is 0.423.